The van der Waals surface area contributed by atoms with Gasteiger partial charge in [-0.1, -0.05) is 72.3 Å². The van der Waals surface area contributed by atoms with Crippen molar-refractivity contribution in [2.75, 3.05) is 0 Å². The molecule has 126 valence electrons. The molecule has 0 aliphatic rings. The van der Waals surface area contributed by atoms with Crippen LogP contribution in [-0.2, 0) is 0 Å². The molecule has 26 heavy (non-hydrogen) atoms. The molecule has 1 heterocycles. The number of benzene rings is 3. The molecule has 0 amide bonds. The lowest BCUT2D eigenvalue weighted by atomic mass is 10.1. The van der Waals surface area contributed by atoms with Gasteiger partial charge in [0.05, 0.1) is 22.4 Å². The standard InChI is InChI=1S/C22H16ClN3/c23-17-11-5-4-10-16(17)18(24)14-21-22(15-8-2-1-3-9-15)26-20-13-7-6-12-19(20)25-21/h1-14H,24H2/b18-14+. The second-order valence-electron chi connectivity index (χ2n) is 5.89. The van der Waals surface area contributed by atoms with Gasteiger partial charge < -0.3 is 5.73 Å². The third-order valence-electron chi connectivity index (χ3n) is 4.12. The molecular weight excluding hydrogens is 342 g/mol. The highest BCUT2D eigenvalue weighted by Gasteiger charge is 2.11. The van der Waals surface area contributed by atoms with Crippen LogP contribution in [0, 0.1) is 0 Å². The average Bonchev–Trinajstić information content (AvgIpc) is 2.68. The first-order valence-electron chi connectivity index (χ1n) is 8.26. The molecule has 3 aromatic carbocycles. The number of para-hydroxylation sites is 2. The Morgan fingerprint density at radius 2 is 1.38 bits per heavy atom. The summed E-state index contributed by atoms with van der Waals surface area (Å²) >= 11 is 6.28. The number of aromatic nitrogens is 2. The fraction of sp³-hybridized carbons (Fsp3) is 0. The first-order valence-corrected chi connectivity index (χ1v) is 8.64. The molecule has 0 spiro atoms. The lowest BCUT2D eigenvalue weighted by Crippen LogP contribution is -2.00. The third-order valence-corrected chi connectivity index (χ3v) is 4.45. The second-order valence-corrected chi connectivity index (χ2v) is 6.30. The molecule has 0 aliphatic heterocycles. The van der Waals surface area contributed by atoms with Crippen LogP contribution in [0.2, 0.25) is 5.02 Å². The Bertz CT molecular complexity index is 1100. The Kier molecular flexibility index (Phi) is 4.38. The van der Waals surface area contributed by atoms with Crippen LogP contribution in [0.1, 0.15) is 11.3 Å². The van der Waals surface area contributed by atoms with Crippen molar-refractivity contribution in [1.82, 2.24) is 9.97 Å². The van der Waals surface area contributed by atoms with Gasteiger partial charge in [-0.15, -0.1) is 0 Å². The third kappa shape index (κ3) is 3.17. The normalized spacial score (nSPS) is 11.7. The molecule has 0 unspecified atom stereocenters. The van der Waals surface area contributed by atoms with Gasteiger partial charge in [0, 0.05) is 21.8 Å². The van der Waals surface area contributed by atoms with Crippen LogP contribution >= 0.6 is 11.6 Å². The average molecular weight is 358 g/mol. The molecule has 4 aromatic rings. The summed E-state index contributed by atoms with van der Waals surface area (Å²) < 4.78 is 0. The maximum absolute atomic E-state index is 6.33. The minimum absolute atomic E-state index is 0.553. The molecule has 3 nitrogen and oxygen atoms in total. The summed E-state index contributed by atoms with van der Waals surface area (Å²) in [6.45, 7) is 0. The second kappa shape index (κ2) is 6.98. The van der Waals surface area contributed by atoms with Gasteiger partial charge in [0.15, 0.2) is 0 Å². The van der Waals surface area contributed by atoms with Crippen LogP contribution in [0.15, 0.2) is 78.9 Å². The van der Waals surface area contributed by atoms with Crippen molar-refractivity contribution in [2.24, 2.45) is 5.73 Å². The van der Waals surface area contributed by atoms with Gasteiger partial charge in [-0.2, -0.15) is 0 Å². The van der Waals surface area contributed by atoms with Crippen molar-refractivity contribution in [3.8, 4) is 11.3 Å². The molecule has 4 rings (SSSR count). The molecule has 0 saturated heterocycles. The molecule has 2 N–H and O–H groups in total. The van der Waals surface area contributed by atoms with Gasteiger partial charge in [-0.25, -0.2) is 9.97 Å². The number of fused-ring (bicyclic) bond motifs is 1. The predicted molar refractivity (Wildman–Crippen MR) is 108 cm³/mol. The van der Waals surface area contributed by atoms with Crippen LogP contribution in [0.25, 0.3) is 34.1 Å². The number of nitrogens with two attached hydrogens (primary N) is 1. The molecule has 0 bridgehead atoms. The zero-order valence-corrected chi connectivity index (χ0v) is 14.7. The first-order chi connectivity index (χ1) is 12.7. The Hall–Kier alpha value is -3.17. The zero-order chi connectivity index (χ0) is 17.9. The molecule has 0 aliphatic carbocycles. The largest absolute Gasteiger partial charge is 0.398 e. The maximum Gasteiger partial charge on any atom is 0.0967 e. The van der Waals surface area contributed by atoms with Crippen molar-refractivity contribution in [2.45, 2.75) is 0 Å². The molecule has 0 saturated carbocycles. The lowest BCUT2D eigenvalue weighted by molar-refractivity contribution is 1.26. The molecular formula is C22H16ClN3. The first kappa shape index (κ1) is 16.3. The van der Waals surface area contributed by atoms with Crippen LogP contribution in [0.5, 0.6) is 0 Å². The van der Waals surface area contributed by atoms with E-state index in [0.29, 0.717) is 16.4 Å². The number of halogens is 1. The molecule has 0 atom stereocenters. The van der Waals surface area contributed by atoms with Gasteiger partial charge >= 0.3 is 0 Å². The Morgan fingerprint density at radius 3 is 2.12 bits per heavy atom. The van der Waals surface area contributed by atoms with E-state index in [0.717, 1.165) is 27.9 Å². The fourth-order valence-corrected chi connectivity index (χ4v) is 3.09. The van der Waals surface area contributed by atoms with E-state index in [-0.39, 0.29) is 0 Å². The summed E-state index contributed by atoms with van der Waals surface area (Å²) in [5.74, 6) is 0. The minimum Gasteiger partial charge on any atom is -0.398 e. The monoisotopic (exact) mass is 357 g/mol. The summed E-state index contributed by atoms with van der Waals surface area (Å²) in [7, 11) is 0. The van der Waals surface area contributed by atoms with E-state index in [1.54, 1.807) is 0 Å². The summed E-state index contributed by atoms with van der Waals surface area (Å²) in [6.07, 6.45) is 1.84. The van der Waals surface area contributed by atoms with E-state index in [1.807, 2.05) is 84.9 Å². The van der Waals surface area contributed by atoms with E-state index in [4.69, 9.17) is 27.3 Å². The topological polar surface area (TPSA) is 51.8 Å². The van der Waals surface area contributed by atoms with Crippen molar-refractivity contribution >= 4 is 34.4 Å². The smallest absolute Gasteiger partial charge is 0.0967 e. The molecule has 4 heteroatoms. The molecule has 0 radical (unpaired) electrons. The van der Waals surface area contributed by atoms with Gasteiger partial charge in [0.25, 0.3) is 0 Å². The minimum atomic E-state index is 0.553. The van der Waals surface area contributed by atoms with E-state index in [1.165, 1.54) is 0 Å². The molecule has 0 fully saturated rings. The van der Waals surface area contributed by atoms with Crippen LogP contribution in [0.4, 0.5) is 0 Å². The number of hydrogen-bond acceptors (Lipinski definition) is 3. The Morgan fingerprint density at radius 1 is 0.769 bits per heavy atom. The van der Waals surface area contributed by atoms with E-state index < -0.39 is 0 Å². The van der Waals surface area contributed by atoms with E-state index in [2.05, 4.69) is 0 Å². The van der Waals surface area contributed by atoms with E-state index >= 15 is 0 Å². The summed E-state index contributed by atoms with van der Waals surface area (Å²) in [6, 6.07) is 25.3. The summed E-state index contributed by atoms with van der Waals surface area (Å²) in [5, 5.41) is 0.608. The van der Waals surface area contributed by atoms with Crippen LogP contribution in [-0.4, -0.2) is 9.97 Å². The molecule has 1 aromatic heterocycles. The number of nitrogens with zero attached hydrogens (tertiary/aromatic N) is 2. The van der Waals surface area contributed by atoms with E-state index in [9.17, 15) is 0 Å². The van der Waals surface area contributed by atoms with Gasteiger partial charge in [-0.05, 0) is 24.3 Å². The Labute approximate surface area is 156 Å². The summed E-state index contributed by atoms with van der Waals surface area (Å²) in [5.41, 5.74) is 11.8. The highest BCUT2D eigenvalue weighted by molar-refractivity contribution is 6.32. The van der Waals surface area contributed by atoms with Gasteiger partial charge in [0.1, 0.15) is 0 Å². The van der Waals surface area contributed by atoms with Crippen molar-refractivity contribution in [1.29, 1.82) is 0 Å². The van der Waals surface area contributed by atoms with Crippen molar-refractivity contribution < 1.29 is 0 Å². The Balaban J connectivity index is 1.93. The number of hydrogen-bond donors (Lipinski definition) is 1. The summed E-state index contributed by atoms with van der Waals surface area (Å²) in [4.78, 5) is 9.60. The maximum atomic E-state index is 6.33. The van der Waals surface area contributed by atoms with Gasteiger partial charge in [0.2, 0.25) is 0 Å². The highest BCUT2D eigenvalue weighted by atomic mass is 35.5. The van der Waals surface area contributed by atoms with Crippen molar-refractivity contribution in [3.05, 3.63) is 95.1 Å². The predicted octanol–water partition coefficient (Wildman–Crippen LogP) is 5.41. The van der Waals surface area contributed by atoms with Gasteiger partial charge in [-0.3, -0.25) is 0 Å². The van der Waals surface area contributed by atoms with Crippen LogP contribution < -0.4 is 5.73 Å². The zero-order valence-electron chi connectivity index (χ0n) is 13.9. The fourth-order valence-electron chi connectivity index (χ4n) is 2.84. The quantitative estimate of drug-likeness (QED) is 0.533. The lowest BCUT2D eigenvalue weighted by Gasteiger charge is -2.09. The van der Waals surface area contributed by atoms with Crippen LogP contribution in [0.3, 0.4) is 0 Å². The van der Waals surface area contributed by atoms with Crippen molar-refractivity contribution in [3.63, 3.8) is 0 Å². The SMILES string of the molecule is N/C(=C/c1nc2ccccc2nc1-c1ccccc1)c1ccccc1Cl. The highest BCUT2D eigenvalue weighted by Crippen LogP contribution is 2.27. The number of rotatable bonds is 3.